The maximum absolute atomic E-state index is 12.1. The number of carbonyl (C=O) groups is 2. The number of hydrogen-bond acceptors (Lipinski definition) is 3. The van der Waals surface area contributed by atoms with Crippen LogP contribution in [0.4, 0.5) is 0 Å². The number of nitrogens with one attached hydrogen (secondary N) is 1. The quantitative estimate of drug-likeness (QED) is 0.884. The zero-order valence-corrected chi connectivity index (χ0v) is 11.7. The molecule has 1 aromatic rings. The molecule has 0 spiro atoms. The van der Waals surface area contributed by atoms with Gasteiger partial charge in [-0.25, -0.2) is 0 Å². The summed E-state index contributed by atoms with van der Waals surface area (Å²) in [5.41, 5.74) is 2.34. The molecule has 0 bridgehead atoms. The van der Waals surface area contributed by atoms with Crippen molar-refractivity contribution in [3.05, 3.63) is 35.4 Å². The highest BCUT2D eigenvalue weighted by Crippen LogP contribution is 2.31. The fraction of sp³-hybridized carbons (Fsp3) is 0.500. The number of carboxylic acids is 1. The van der Waals surface area contributed by atoms with Crippen LogP contribution in [-0.2, 0) is 20.7 Å². The number of ether oxygens (including phenoxy) is 1. The van der Waals surface area contributed by atoms with Crippen molar-refractivity contribution in [3.63, 3.8) is 0 Å². The highest BCUT2D eigenvalue weighted by atomic mass is 16.5. The first-order chi connectivity index (χ1) is 10.1. The van der Waals surface area contributed by atoms with Gasteiger partial charge in [-0.05, 0) is 30.4 Å². The monoisotopic (exact) mass is 289 g/mol. The summed E-state index contributed by atoms with van der Waals surface area (Å²) in [6.45, 7) is 0.638. The molecule has 3 rings (SSSR count). The van der Waals surface area contributed by atoms with Crippen LogP contribution in [0, 0.1) is 5.92 Å². The highest BCUT2D eigenvalue weighted by molar-refractivity contribution is 5.78. The highest BCUT2D eigenvalue weighted by Gasteiger charge is 2.35. The van der Waals surface area contributed by atoms with E-state index in [1.807, 2.05) is 18.2 Å². The lowest BCUT2D eigenvalue weighted by atomic mass is 9.80. The Morgan fingerprint density at radius 3 is 2.81 bits per heavy atom. The molecular formula is C16H19NO4. The Morgan fingerprint density at radius 2 is 2.05 bits per heavy atom. The van der Waals surface area contributed by atoms with Crippen LogP contribution in [0.5, 0.6) is 0 Å². The van der Waals surface area contributed by atoms with Crippen LogP contribution >= 0.6 is 0 Å². The van der Waals surface area contributed by atoms with Crippen molar-refractivity contribution in [1.82, 2.24) is 5.32 Å². The Kier molecular flexibility index (Phi) is 3.92. The molecule has 1 heterocycles. The minimum absolute atomic E-state index is 0.00238. The lowest BCUT2D eigenvalue weighted by Crippen LogP contribution is -2.47. The Labute approximate surface area is 123 Å². The van der Waals surface area contributed by atoms with Crippen LogP contribution in [0.3, 0.4) is 0 Å². The third-order valence-corrected chi connectivity index (χ3v) is 4.32. The zero-order valence-electron chi connectivity index (χ0n) is 11.7. The minimum atomic E-state index is -0.773. The van der Waals surface area contributed by atoms with Gasteiger partial charge in [-0.1, -0.05) is 24.3 Å². The SMILES string of the molecule is O=C(CC1OCCc2ccccc21)NC1CC(C(=O)O)C1. The molecule has 1 amide bonds. The number of hydrogen-bond donors (Lipinski definition) is 2. The summed E-state index contributed by atoms with van der Waals surface area (Å²) in [5.74, 6) is -1.14. The normalized spacial score (nSPS) is 27.3. The van der Waals surface area contributed by atoms with E-state index in [-0.39, 0.29) is 24.0 Å². The molecule has 2 N–H and O–H groups in total. The predicted molar refractivity (Wildman–Crippen MR) is 75.7 cm³/mol. The van der Waals surface area contributed by atoms with Gasteiger partial charge >= 0.3 is 5.97 Å². The van der Waals surface area contributed by atoms with Crippen molar-refractivity contribution in [3.8, 4) is 0 Å². The topological polar surface area (TPSA) is 75.6 Å². The standard InChI is InChI=1S/C16H19NO4/c18-15(17-12-7-11(8-12)16(19)20)9-14-13-4-2-1-3-10(13)5-6-21-14/h1-4,11-12,14H,5-9H2,(H,17,18)(H,19,20). The summed E-state index contributed by atoms with van der Waals surface area (Å²) >= 11 is 0. The molecule has 1 aromatic carbocycles. The molecule has 5 nitrogen and oxygen atoms in total. The summed E-state index contributed by atoms with van der Waals surface area (Å²) < 4.78 is 5.71. The fourth-order valence-electron chi connectivity index (χ4n) is 3.04. The molecule has 5 heteroatoms. The van der Waals surface area contributed by atoms with E-state index in [4.69, 9.17) is 9.84 Å². The first kappa shape index (κ1) is 14.1. The molecule has 1 aliphatic heterocycles. The molecule has 0 radical (unpaired) electrons. The second-order valence-electron chi connectivity index (χ2n) is 5.78. The van der Waals surface area contributed by atoms with Crippen LogP contribution in [-0.4, -0.2) is 29.6 Å². The van der Waals surface area contributed by atoms with Gasteiger partial charge in [0.2, 0.25) is 5.91 Å². The van der Waals surface area contributed by atoms with E-state index in [0.717, 1.165) is 12.0 Å². The van der Waals surface area contributed by atoms with Gasteiger partial charge in [0, 0.05) is 6.04 Å². The number of carboxylic acid groups (broad SMARTS) is 1. The number of rotatable bonds is 4. The Balaban J connectivity index is 1.53. The van der Waals surface area contributed by atoms with Crippen molar-refractivity contribution < 1.29 is 19.4 Å². The number of fused-ring (bicyclic) bond motifs is 1. The Bertz CT molecular complexity index is 551. The van der Waals surface area contributed by atoms with Crippen molar-refractivity contribution in [2.45, 2.75) is 37.8 Å². The van der Waals surface area contributed by atoms with Crippen LogP contribution in [0.2, 0.25) is 0 Å². The number of carbonyl (C=O) groups excluding carboxylic acids is 1. The van der Waals surface area contributed by atoms with Crippen molar-refractivity contribution in [2.24, 2.45) is 5.92 Å². The summed E-state index contributed by atoms with van der Waals surface area (Å²) in [4.78, 5) is 22.8. The maximum Gasteiger partial charge on any atom is 0.306 e. The van der Waals surface area contributed by atoms with Gasteiger partial charge in [0.25, 0.3) is 0 Å². The van der Waals surface area contributed by atoms with Crippen molar-refractivity contribution >= 4 is 11.9 Å². The summed E-state index contributed by atoms with van der Waals surface area (Å²) in [6, 6.07) is 8.05. The van der Waals surface area contributed by atoms with Gasteiger partial charge in [0.15, 0.2) is 0 Å². The molecule has 0 saturated heterocycles. The average Bonchev–Trinajstić information content (AvgIpc) is 2.42. The second-order valence-corrected chi connectivity index (χ2v) is 5.78. The molecule has 1 aliphatic carbocycles. The molecule has 21 heavy (non-hydrogen) atoms. The third-order valence-electron chi connectivity index (χ3n) is 4.32. The third kappa shape index (κ3) is 3.08. The Morgan fingerprint density at radius 1 is 1.29 bits per heavy atom. The lowest BCUT2D eigenvalue weighted by Gasteiger charge is -2.33. The van der Waals surface area contributed by atoms with Gasteiger partial charge in [-0.3, -0.25) is 9.59 Å². The van der Waals surface area contributed by atoms with E-state index < -0.39 is 5.97 Å². The molecule has 1 saturated carbocycles. The van der Waals surface area contributed by atoms with Gasteiger partial charge in [-0.2, -0.15) is 0 Å². The van der Waals surface area contributed by atoms with E-state index in [1.165, 1.54) is 5.56 Å². The van der Waals surface area contributed by atoms with Crippen LogP contribution in [0.1, 0.15) is 36.5 Å². The predicted octanol–water partition coefficient (Wildman–Crippen LogP) is 1.67. The summed E-state index contributed by atoms with van der Waals surface area (Å²) in [5, 5.41) is 11.7. The molecule has 0 aromatic heterocycles. The molecule has 1 unspecified atom stereocenters. The molecule has 112 valence electrons. The lowest BCUT2D eigenvalue weighted by molar-refractivity contribution is -0.146. The van der Waals surface area contributed by atoms with E-state index in [0.29, 0.717) is 25.9 Å². The first-order valence-corrected chi connectivity index (χ1v) is 7.35. The van der Waals surface area contributed by atoms with Crippen molar-refractivity contribution in [2.75, 3.05) is 6.61 Å². The zero-order chi connectivity index (χ0) is 14.8. The van der Waals surface area contributed by atoms with Crippen LogP contribution < -0.4 is 5.32 Å². The van der Waals surface area contributed by atoms with E-state index in [9.17, 15) is 9.59 Å². The van der Waals surface area contributed by atoms with Gasteiger partial charge in [0.05, 0.1) is 25.0 Å². The number of benzene rings is 1. The van der Waals surface area contributed by atoms with Gasteiger partial charge in [0.1, 0.15) is 0 Å². The van der Waals surface area contributed by atoms with E-state index >= 15 is 0 Å². The Hall–Kier alpha value is -1.88. The largest absolute Gasteiger partial charge is 0.481 e. The summed E-state index contributed by atoms with van der Waals surface area (Å²) in [7, 11) is 0. The average molecular weight is 289 g/mol. The first-order valence-electron chi connectivity index (χ1n) is 7.35. The van der Waals surface area contributed by atoms with Crippen LogP contribution in [0.15, 0.2) is 24.3 Å². The number of aliphatic carboxylic acids is 1. The molecule has 1 atom stereocenters. The molecule has 1 fully saturated rings. The smallest absolute Gasteiger partial charge is 0.306 e. The van der Waals surface area contributed by atoms with Gasteiger partial charge in [-0.15, -0.1) is 0 Å². The van der Waals surface area contributed by atoms with Crippen molar-refractivity contribution in [1.29, 1.82) is 0 Å². The van der Waals surface area contributed by atoms with Crippen LogP contribution in [0.25, 0.3) is 0 Å². The fourth-order valence-corrected chi connectivity index (χ4v) is 3.04. The molecule has 2 aliphatic rings. The maximum atomic E-state index is 12.1. The van der Waals surface area contributed by atoms with E-state index in [1.54, 1.807) is 0 Å². The number of amides is 1. The minimum Gasteiger partial charge on any atom is -0.481 e. The second kappa shape index (κ2) is 5.85. The summed E-state index contributed by atoms with van der Waals surface area (Å²) in [6.07, 6.45) is 2.06. The molecular weight excluding hydrogens is 270 g/mol. The van der Waals surface area contributed by atoms with Gasteiger partial charge < -0.3 is 15.2 Å². The van der Waals surface area contributed by atoms with E-state index in [2.05, 4.69) is 11.4 Å².